The monoisotopic (exact) mass is 836 g/mol. The molecule has 304 valence electrons. The average Bonchev–Trinajstić information content (AvgIpc) is 3.67. The summed E-state index contributed by atoms with van der Waals surface area (Å²) < 4.78 is 67.7. The van der Waals surface area contributed by atoms with E-state index in [4.69, 9.17) is 86.9 Å². The highest BCUT2D eigenvalue weighted by Crippen LogP contribution is 2.44. The second-order valence-corrected chi connectivity index (χ2v) is 17.3. The first-order valence-corrected chi connectivity index (χ1v) is 19.7. The third-order valence-corrected chi connectivity index (χ3v) is 10.2. The molecule has 15 heteroatoms. The number of benzene rings is 3. The maximum Gasteiger partial charge on any atom is 0.359 e. The molecule has 12 nitrogen and oxygen atoms in total. The predicted octanol–water partition coefficient (Wildman–Crippen LogP) is 6.79. The van der Waals surface area contributed by atoms with E-state index in [1.807, 2.05) is 119 Å². The molecule has 4 aliphatic rings. The van der Waals surface area contributed by atoms with E-state index < -0.39 is 82.7 Å². The van der Waals surface area contributed by atoms with Gasteiger partial charge in [0.15, 0.2) is 30.3 Å². The summed E-state index contributed by atoms with van der Waals surface area (Å²) in [5.41, 5.74) is 2.66. The first kappa shape index (κ1) is 41.7. The Kier molecular flexibility index (Phi) is 13.3. The zero-order valence-corrected chi connectivity index (χ0v) is 33.8. The standard InChI is InChI=1S/C41H47Cl3O12/c1-39(2)53-31-29(51-37-35(33(31)54-39)55-40(3,4)56-37)24-49-36-34(48-22-27-18-12-7-13-19-27)32(47-21-26-16-10-6-11-17-26)30(52-38(45)41(42,43)44)28(50-36)23-46-20-25-14-8-5-9-15-25/h5-19,28-37H,20-24H2,1-4H3/t28-,29-,30+,31+,32+,33+,34-,35-,36-,37-/m1/s1. The van der Waals surface area contributed by atoms with Crippen LogP contribution in [0, 0.1) is 0 Å². The number of hydrogen-bond acceptors (Lipinski definition) is 12. The van der Waals surface area contributed by atoms with Crippen LogP contribution in [0.3, 0.4) is 0 Å². The summed E-state index contributed by atoms with van der Waals surface area (Å²) in [5.74, 6) is -2.93. The van der Waals surface area contributed by atoms with Crippen molar-refractivity contribution < 1.29 is 56.9 Å². The van der Waals surface area contributed by atoms with Crippen molar-refractivity contribution in [2.75, 3.05) is 13.2 Å². The molecule has 56 heavy (non-hydrogen) atoms. The van der Waals surface area contributed by atoms with Gasteiger partial charge in [0.1, 0.15) is 42.7 Å². The van der Waals surface area contributed by atoms with Gasteiger partial charge >= 0.3 is 5.97 Å². The Morgan fingerprint density at radius 1 is 0.589 bits per heavy atom. The fraction of sp³-hybridized carbons (Fsp3) is 0.537. The van der Waals surface area contributed by atoms with Crippen LogP contribution in [0.15, 0.2) is 91.0 Å². The van der Waals surface area contributed by atoms with Crippen LogP contribution in [-0.2, 0) is 76.7 Å². The van der Waals surface area contributed by atoms with Crippen LogP contribution in [0.4, 0.5) is 0 Å². The van der Waals surface area contributed by atoms with Crippen molar-refractivity contribution in [1.82, 2.24) is 0 Å². The van der Waals surface area contributed by atoms with Gasteiger partial charge in [0.05, 0.1) is 33.0 Å². The average molecular weight is 838 g/mol. The molecule has 0 N–H and O–H groups in total. The van der Waals surface area contributed by atoms with Crippen molar-refractivity contribution in [2.45, 2.75) is 124 Å². The normalized spacial score (nSPS) is 32.1. The zero-order chi connectivity index (χ0) is 39.5. The van der Waals surface area contributed by atoms with Crippen LogP contribution >= 0.6 is 34.8 Å². The van der Waals surface area contributed by atoms with Gasteiger partial charge in [0, 0.05) is 0 Å². The van der Waals surface area contributed by atoms with Crippen molar-refractivity contribution in [3.8, 4) is 0 Å². The molecule has 0 bridgehead atoms. The molecular formula is C41H47Cl3O12. The fourth-order valence-electron chi connectivity index (χ4n) is 7.26. The van der Waals surface area contributed by atoms with E-state index >= 15 is 0 Å². The highest BCUT2D eigenvalue weighted by Gasteiger charge is 2.61. The van der Waals surface area contributed by atoms with Crippen LogP contribution in [-0.4, -0.2) is 96.0 Å². The van der Waals surface area contributed by atoms with E-state index in [0.717, 1.165) is 16.7 Å². The lowest BCUT2D eigenvalue weighted by Crippen LogP contribution is -2.63. The maximum absolute atomic E-state index is 13.3. The highest BCUT2D eigenvalue weighted by atomic mass is 35.6. The molecule has 0 aromatic heterocycles. The van der Waals surface area contributed by atoms with Crippen molar-refractivity contribution in [3.63, 3.8) is 0 Å². The lowest BCUT2D eigenvalue weighted by molar-refractivity contribution is -0.332. The summed E-state index contributed by atoms with van der Waals surface area (Å²) in [6.07, 6.45) is -8.25. The number of carbonyl (C=O) groups excluding carboxylic acids is 1. The summed E-state index contributed by atoms with van der Waals surface area (Å²) >= 11 is 18.2. The molecular weight excluding hydrogens is 791 g/mol. The van der Waals surface area contributed by atoms with Gasteiger partial charge in [-0.25, -0.2) is 4.79 Å². The number of ether oxygens (including phenoxy) is 11. The zero-order valence-electron chi connectivity index (χ0n) is 31.5. The van der Waals surface area contributed by atoms with E-state index in [0.29, 0.717) is 0 Å². The van der Waals surface area contributed by atoms with E-state index in [2.05, 4.69) is 0 Å². The van der Waals surface area contributed by atoms with Gasteiger partial charge in [-0.1, -0.05) is 126 Å². The molecule has 3 aromatic rings. The molecule has 10 atom stereocenters. The Labute approximate surface area is 341 Å². The molecule has 0 unspecified atom stereocenters. The van der Waals surface area contributed by atoms with Gasteiger partial charge < -0.3 is 52.1 Å². The third-order valence-electron chi connectivity index (χ3n) is 9.71. The van der Waals surface area contributed by atoms with Crippen molar-refractivity contribution in [2.24, 2.45) is 0 Å². The van der Waals surface area contributed by atoms with Crippen LogP contribution in [0.2, 0.25) is 0 Å². The third kappa shape index (κ3) is 10.4. The van der Waals surface area contributed by atoms with E-state index in [1.54, 1.807) is 0 Å². The summed E-state index contributed by atoms with van der Waals surface area (Å²) in [5, 5.41) is 0. The number of rotatable bonds is 14. The van der Waals surface area contributed by atoms with Crippen molar-refractivity contribution in [1.29, 1.82) is 0 Å². The number of hydrogen-bond donors (Lipinski definition) is 0. The summed E-state index contributed by atoms with van der Waals surface area (Å²) in [4.78, 5) is 13.3. The molecule has 0 radical (unpaired) electrons. The second kappa shape index (κ2) is 17.8. The quantitative estimate of drug-likeness (QED) is 0.126. The first-order valence-electron chi connectivity index (χ1n) is 18.6. The minimum Gasteiger partial charge on any atom is -0.453 e. The van der Waals surface area contributed by atoms with Crippen LogP contribution in [0.5, 0.6) is 0 Å². The lowest BCUT2D eigenvalue weighted by Gasteiger charge is -2.46. The Hall–Kier alpha value is -2.40. The molecule has 0 aliphatic carbocycles. The van der Waals surface area contributed by atoms with E-state index in [9.17, 15) is 4.79 Å². The number of esters is 1. The van der Waals surface area contributed by atoms with Crippen molar-refractivity contribution >= 4 is 40.8 Å². The molecule has 3 aromatic carbocycles. The van der Waals surface area contributed by atoms with Gasteiger partial charge in [-0.3, -0.25) is 0 Å². The topological polar surface area (TPSA) is 119 Å². The fourth-order valence-corrected chi connectivity index (χ4v) is 7.40. The summed E-state index contributed by atoms with van der Waals surface area (Å²) in [6, 6.07) is 28.7. The number of carbonyl (C=O) groups is 1. The highest BCUT2D eigenvalue weighted by molar-refractivity contribution is 6.75. The molecule has 0 saturated carbocycles. The predicted molar refractivity (Wildman–Crippen MR) is 203 cm³/mol. The van der Waals surface area contributed by atoms with Gasteiger partial charge in [-0.15, -0.1) is 0 Å². The minimum atomic E-state index is -2.39. The lowest BCUT2D eigenvalue weighted by atomic mass is 9.97. The number of fused-ring (bicyclic) bond motifs is 3. The van der Waals surface area contributed by atoms with Gasteiger partial charge in [-0.05, 0) is 44.4 Å². The molecule has 0 spiro atoms. The Morgan fingerprint density at radius 3 is 1.70 bits per heavy atom. The SMILES string of the molecule is CC1(C)O[C@H]2[C@@H](O1)[C@@H](CO[C@@H]1O[C@H](COCc3ccccc3)[C@H](OC(=O)C(Cl)(Cl)Cl)[C@H](OCc3ccccc3)[C@H]1OCc1ccccc1)O[C@@H]1OC(C)(C)O[C@@H]12. The molecule has 4 heterocycles. The number of alkyl halides is 3. The molecule has 4 fully saturated rings. The van der Waals surface area contributed by atoms with E-state index in [1.165, 1.54) is 0 Å². The van der Waals surface area contributed by atoms with Gasteiger partial charge in [0.25, 0.3) is 3.79 Å². The van der Waals surface area contributed by atoms with Crippen LogP contribution < -0.4 is 0 Å². The minimum absolute atomic E-state index is 0.0366. The smallest absolute Gasteiger partial charge is 0.359 e. The molecule has 4 aliphatic heterocycles. The van der Waals surface area contributed by atoms with E-state index in [-0.39, 0.29) is 33.0 Å². The Bertz CT molecular complexity index is 1710. The van der Waals surface area contributed by atoms with Crippen molar-refractivity contribution in [3.05, 3.63) is 108 Å². The maximum atomic E-state index is 13.3. The van der Waals surface area contributed by atoms with Crippen LogP contribution in [0.25, 0.3) is 0 Å². The largest absolute Gasteiger partial charge is 0.453 e. The van der Waals surface area contributed by atoms with Gasteiger partial charge in [0.2, 0.25) is 0 Å². The summed E-state index contributed by atoms with van der Waals surface area (Å²) in [7, 11) is 0. The van der Waals surface area contributed by atoms with Gasteiger partial charge in [-0.2, -0.15) is 0 Å². The summed E-state index contributed by atoms with van der Waals surface area (Å²) in [6.45, 7) is 7.73. The molecule has 4 saturated heterocycles. The Balaban J connectivity index is 1.19. The second-order valence-electron chi connectivity index (χ2n) is 15.0. The Morgan fingerprint density at radius 2 is 1.11 bits per heavy atom. The molecule has 0 amide bonds. The molecule has 7 rings (SSSR count). The number of halogens is 3. The van der Waals surface area contributed by atoms with Crippen LogP contribution in [0.1, 0.15) is 44.4 Å². The first-order chi connectivity index (χ1) is 26.7.